The van der Waals surface area contributed by atoms with E-state index in [1.54, 1.807) is 6.07 Å². The van der Waals surface area contributed by atoms with Crippen molar-refractivity contribution in [1.82, 2.24) is 0 Å². The third-order valence-corrected chi connectivity index (χ3v) is 6.07. The Morgan fingerprint density at radius 3 is 2.38 bits per heavy atom. The normalized spacial score (nSPS) is 23.7. The number of benzene rings is 2. The number of rotatable bonds is 6. The van der Waals surface area contributed by atoms with E-state index in [1.165, 1.54) is 12.1 Å². The smallest absolute Gasteiger partial charge is 0.229 e. The summed E-state index contributed by atoms with van der Waals surface area (Å²) in [5.41, 5.74) is 1.02. The van der Waals surface area contributed by atoms with Crippen LogP contribution in [0.15, 0.2) is 51.2 Å². The van der Waals surface area contributed by atoms with Crippen LogP contribution >= 0.6 is 0 Å². The van der Waals surface area contributed by atoms with Gasteiger partial charge < -0.3 is 49.6 Å². The molecule has 1 aliphatic rings. The molecule has 0 aliphatic carbocycles. The molecule has 4 rings (SSSR count). The molecule has 5 atom stereocenters. The van der Waals surface area contributed by atoms with E-state index < -0.39 is 54.2 Å². The molecule has 198 valence electrons. The summed E-state index contributed by atoms with van der Waals surface area (Å²) in [7, 11) is 0. The minimum Gasteiger partial charge on any atom is -0.507 e. The topological polar surface area (TPSA) is 190 Å². The zero-order valence-corrected chi connectivity index (χ0v) is 20.0. The lowest BCUT2D eigenvalue weighted by molar-refractivity contribution is -0.277. The summed E-state index contributed by atoms with van der Waals surface area (Å²) in [5.74, 6) is -1.25. The van der Waals surface area contributed by atoms with Gasteiger partial charge in [-0.25, -0.2) is 0 Å². The highest BCUT2D eigenvalue weighted by molar-refractivity contribution is 5.86. The van der Waals surface area contributed by atoms with Crippen LogP contribution in [0.1, 0.15) is 19.4 Å². The van der Waals surface area contributed by atoms with Gasteiger partial charge in [-0.15, -0.1) is 0 Å². The number of fused-ring (bicyclic) bond motifs is 1. The molecule has 1 aliphatic heterocycles. The Bertz CT molecular complexity index is 1390. The van der Waals surface area contributed by atoms with Gasteiger partial charge in [-0.2, -0.15) is 0 Å². The average molecular weight is 516 g/mol. The van der Waals surface area contributed by atoms with Gasteiger partial charge in [-0.05, 0) is 32.4 Å². The predicted molar refractivity (Wildman–Crippen MR) is 130 cm³/mol. The largest absolute Gasteiger partial charge is 0.507 e. The Labute approximate surface area is 210 Å². The van der Waals surface area contributed by atoms with Crippen molar-refractivity contribution in [3.8, 4) is 34.3 Å². The molecule has 0 radical (unpaired) electrons. The first-order valence-corrected chi connectivity index (χ1v) is 11.5. The number of phenolic OH excluding ortho intramolecular Hbond substituents is 3. The van der Waals surface area contributed by atoms with E-state index in [0.717, 1.165) is 17.7 Å². The molecule has 1 aromatic heterocycles. The number of allylic oxidation sites excluding steroid dienone is 2. The van der Waals surface area contributed by atoms with E-state index >= 15 is 0 Å². The molecule has 37 heavy (non-hydrogen) atoms. The molecule has 3 aromatic rings. The van der Waals surface area contributed by atoms with Crippen molar-refractivity contribution in [2.45, 2.75) is 51.0 Å². The number of phenols is 3. The SMILES string of the molecule is CC(C)=CCc1cc(-c2cc(=O)c3c(O)cc(OC4OC(CO)C(O)C(O)C4O)cc3o2)cc(O)c1O. The second-order valence-electron chi connectivity index (χ2n) is 9.09. The fourth-order valence-corrected chi connectivity index (χ4v) is 4.04. The van der Waals surface area contributed by atoms with Crippen LogP contribution in [0.25, 0.3) is 22.3 Å². The summed E-state index contributed by atoms with van der Waals surface area (Å²) in [6, 6.07) is 6.28. The fourth-order valence-electron chi connectivity index (χ4n) is 4.04. The summed E-state index contributed by atoms with van der Waals surface area (Å²) >= 11 is 0. The lowest BCUT2D eigenvalue weighted by Crippen LogP contribution is -2.60. The van der Waals surface area contributed by atoms with Crippen molar-refractivity contribution in [3.05, 3.63) is 57.8 Å². The van der Waals surface area contributed by atoms with Crippen LogP contribution in [0.3, 0.4) is 0 Å². The molecule has 0 amide bonds. The van der Waals surface area contributed by atoms with E-state index in [-0.39, 0.29) is 28.2 Å². The Morgan fingerprint density at radius 2 is 1.70 bits per heavy atom. The third-order valence-electron chi connectivity index (χ3n) is 6.07. The van der Waals surface area contributed by atoms with Crippen molar-refractivity contribution in [1.29, 1.82) is 0 Å². The van der Waals surface area contributed by atoms with Gasteiger partial charge >= 0.3 is 0 Å². The zero-order valence-electron chi connectivity index (χ0n) is 20.0. The Balaban J connectivity index is 1.74. The zero-order chi connectivity index (χ0) is 27.0. The minimum absolute atomic E-state index is 0.0376. The molecule has 5 unspecified atom stereocenters. The Kier molecular flexibility index (Phi) is 7.44. The summed E-state index contributed by atoms with van der Waals surface area (Å²) in [4.78, 5) is 12.8. The van der Waals surface area contributed by atoms with Crippen molar-refractivity contribution >= 4 is 11.0 Å². The summed E-state index contributed by atoms with van der Waals surface area (Å²) < 4.78 is 16.7. The second-order valence-corrected chi connectivity index (χ2v) is 9.09. The highest BCUT2D eigenvalue weighted by Crippen LogP contribution is 2.37. The van der Waals surface area contributed by atoms with Gasteiger partial charge in [0.15, 0.2) is 16.9 Å². The maximum absolute atomic E-state index is 12.8. The Hall–Kier alpha value is -3.61. The van der Waals surface area contributed by atoms with E-state index in [9.17, 15) is 40.5 Å². The van der Waals surface area contributed by atoms with Gasteiger partial charge in [0.25, 0.3) is 0 Å². The Morgan fingerprint density at radius 1 is 0.973 bits per heavy atom. The number of aliphatic hydroxyl groups excluding tert-OH is 4. The molecular weight excluding hydrogens is 488 g/mol. The summed E-state index contributed by atoms with van der Waals surface area (Å²) in [6.07, 6.45) is -5.47. The van der Waals surface area contributed by atoms with Crippen molar-refractivity contribution in [3.63, 3.8) is 0 Å². The first-order valence-electron chi connectivity index (χ1n) is 11.5. The highest BCUT2D eigenvalue weighted by atomic mass is 16.7. The van der Waals surface area contributed by atoms with Gasteiger partial charge in [-0.1, -0.05) is 11.6 Å². The molecule has 2 heterocycles. The molecular formula is C26H28O11. The van der Waals surface area contributed by atoms with Crippen LogP contribution in [-0.2, 0) is 11.2 Å². The molecule has 2 aromatic carbocycles. The van der Waals surface area contributed by atoms with Crippen LogP contribution in [0.4, 0.5) is 0 Å². The number of hydrogen-bond acceptors (Lipinski definition) is 11. The van der Waals surface area contributed by atoms with Crippen molar-refractivity contribution < 1.29 is 49.6 Å². The first-order chi connectivity index (χ1) is 17.5. The van der Waals surface area contributed by atoms with E-state index in [0.29, 0.717) is 17.5 Å². The molecule has 11 nitrogen and oxygen atoms in total. The first kappa shape index (κ1) is 26.5. The molecule has 7 N–H and O–H groups in total. The number of hydrogen-bond donors (Lipinski definition) is 7. The van der Waals surface area contributed by atoms with Crippen molar-refractivity contribution in [2.75, 3.05) is 6.61 Å². The number of aliphatic hydroxyl groups is 4. The minimum atomic E-state index is -1.69. The standard InChI is InChI=1S/C26H28O11/c1-11(2)3-4-12-5-13(6-17(30)22(12)31)18-9-16(29)21-15(28)7-14(8-19(21)36-18)35-26-25(34)24(33)23(32)20(10-27)37-26/h3,5-9,20,23-28,30-34H,4,10H2,1-2H3. The maximum Gasteiger partial charge on any atom is 0.229 e. The number of aromatic hydroxyl groups is 3. The van der Waals surface area contributed by atoms with Crippen LogP contribution in [-0.4, -0.2) is 73.1 Å². The van der Waals surface area contributed by atoms with Gasteiger partial charge in [0.1, 0.15) is 52.6 Å². The molecule has 0 bridgehead atoms. The third kappa shape index (κ3) is 5.26. The predicted octanol–water partition coefficient (Wildman–Crippen LogP) is 1.26. The van der Waals surface area contributed by atoms with Gasteiger partial charge in [0, 0.05) is 29.3 Å². The average Bonchev–Trinajstić information content (AvgIpc) is 2.84. The highest BCUT2D eigenvalue weighted by Gasteiger charge is 2.44. The van der Waals surface area contributed by atoms with Gasteiger partial charge in [0.2, 0.25) is 6.29 Å². The quantitative estimate of drug-likeness (QED) is 0.184. The molecule has 1 fully saturated rings. The van der Waals surface area contributed by atoms with Crippen LogP contribution in [0.2, 0.25) is 0 Å². The lowest BCUT2D eigenvalue weighted by atomic mass is 9.99. The maximum atomic E-state index is 12.8. The van der Waals surface area contributed by atoms with E-state index in [4.69, 9.17) is 13.9 Å². The van der Waals surface area contributed by atoms with Crippen LogP contribution < -0.4 is 10.2 Å². The molecule has 0 saturated carbocycles. The van der Waals surface area contributed by atoms with Gasteiger partial charge in [-0.3, -0.25) is 4.79 Å². The van der Waals surface area contributed by atoms with Crippen LogP contribution in [0.5, 0.6) is 23.0 Å². The second kappa shape index (κ2) is 10.4. The molecule has 1 saturated heterocycles. The van der Waals surface area contributed by atoms with E-state index in [2.05, 4.69) is 0 Å². The summed E-state index contributed by atoms with van der Waals surface area (Å²) in [6.45, 7) is 3.12. The molecule has 0 spiro atoms. The summed E-state index contributed by atoms with van der Waals surface area (Å²) in [5, 5.41) is 70.3. The number of ether oxygens (including phenoxy) is 2. The van der Waals surface area contributed by atoms with Crippen molar-refractivity contribution in [2.24, 2.45) is 0 Å². The lowest BCUT2D eigenvalue weighted by Gasteiger charge is -2.39. The van der Waals surface area contributed by atoms with Crippen LogP contribution in [0, 0.1) is 0 Å². The monoisotopic (exact) mass is 516 g/mol. The van der Waals surface area contributed by atoms with E-state index in [1.807, 2.05) is 19.9 Å². The fraction of sp³-hybridized carbons (Fsp3) is 0.346. The van der Waals surface area contributed by atoms with Gasteiger partial charge in [0.05, 0.1) is 6.61 Å². The molecule has 11 heteroatoms.